The minimum absolute atomic E-state index is 0.0241. The summed E-state index contributed by atoms with van der Waals surface area (Å²) in [5.74, 6) is -0.560. The number of amides is 1. The van der Waals surface area contributed by atoms with E-state index in [1.807, 2.05) is 24.6 Å². The van der Waals surface area contributed by atoms with E-state index < -0.39 is 21.0 Å². The van der Waals surface area contributed by atoms with Gasteiger partial charge in [0.1, 0.15) is 17.1 Å². The molecule has 0 fully saturated rings. The number of carbonyl (C=O) groups excluding carboxylic acids is 2. The number of hydrogen-bond acceptors (Lipinski definition) is 10. The molecule has 3 N–H and O–H groups in total. The number of anilines is 1. The second-order valence-electron chi connectivity index (χ2n) is 10.7. The van der Waals surface area contributed by atoms with Crippen LogP contribution in [-0.4, -0.2) is 41.2 Å². The van der Waals surface area contributed by atoms with Crippen LogP contribution in [-0.2, 0) is 10.0 Å². The van der Waals surface area contributed by atoms with E-state index in [0.29, 0.717) is 45.1 Å². The van der Waals surface area contributed by atoms with Gasteiger partial charge in [-0.2, -0.15) is 8.42 Å². The first-order valence-electron chi connectivity index (χ1n) is 14.2. The fourth-order valence-electron chi connectivity index (χ4n) is 4.60. The van der Waals surface area contributed by atoms with Crippen LogP contribution in [0.1, 0.15) is 51.3 Å². The van der Waals surface area contributed by atoms with Crippen LogP contribution in [0.15, 0.2) is 96.2 Å². The van der Waals surface area contributed by atoms with Crippen molar-refractivity contribution in [3.8, 4) is 28.8 Å². The van der Waals surface area contributed by atoms with E-state index in [9.17, 15) is 18.0 Å². The predicted molar refractivity (Wildman–Crippen MR) is 172 cm³/mol. The number of ketones is 1. The summed E-state index contributed by atoms with van der Waals surface area (Å²) >= 11 is 0. The minimum Gasteiger partial charge on any atom is -0.475 e. The van der Waals surface area contributed by atoms with Crippen LogP contribution in [0.4, 0.5) is 5.82 Å². The number of nitrogens with zero attached hydrogens (tertiary/aromatic N) is 3. The van der Waals surface area contributed by atoms with Gasteiger partial charge < -0.3 is 15.2 Å². The van der Waals surface area contributed by atoms with Crippen molar-refractivity contribution in [1.29, 1.82) is 0 Å². The van der Waals surface area contributed by atoms with Gasteiger partial charge in [-0.05, 0) is 81.3 Å². The number of carbonyl (C=O) groups is 2. The Labute approximate surface area is 266 Å². The highest BCUT2D eigenvalue weighted by atomic mass is 32.2. The lowest BCUT2D eigenvalue weighted by Gasteiger charge is -2.16. The summed E-state index contributed by atoms with van der Waals surface area (Å²) in [5.41, 5.74) is 8.70. The van der Waals surface area contributed by atoms with Gasteiger partial charge in [-0.25, -0.2) is 19.7 Å². The zero-order valence-corrected chi connectivity index (χ0v) is 26.3. The fraction of sp³-hybridized carbons (Fsp3) is 0.147. The van der Waals surface area contributed by atoms with Crippen molar-refractivity contribution in [2.24, 2.45) is 0 Å². The normalized spacial score (nSPS) is 11.2. The highest BCUT2D eigenvalue weighted by Crippen LogP contribution is 2.33. The number of nitrogens with one attached hydrogen (secondary N) is 1. The molecule has 0 saturated heterocycles. The standard InChI is InChI=1S/C34H31N5O6S/c1-20(2)44-29-16-13-24(19-36-29)27-15-14-26(33(41)39-46(42,43)30-12-8-11-28(35)38-30)34(37-27)45-32-21(3)17-25(18-22(32)4)31(40)23-9-6-5-7-10-23/h5-20H,1-4H3,(H2,35,38)(H,39,41). The van der Waals surface area contributed by atoms with E-state index in [1.165, 1.54) is 24.3 Å². The van der Waals surface area contributed by atoms with Gasteiger partial charge in [0.05, 0.1) is 11.8 Å². The molecule has 2 aromatic carbocycles. The molecule has 0 radical (unpaired) electrons. The SMILES string of the molecule is Cc1cc(C(=O)c2ccccc2)cc(C)c1Oc1nc(-c2ccc(OC(C)C)nc2)ccc1C(=O)NS(=O)(=O)c1cccc(N)n1. The lowest BCUT2D eigenvalue weighted by Crippen LogP contribution is -2.31. The molecule has 0 aliphatic rings. The second-order valence-corrected chi connectivity index (χ2v) is 12.3. The van der Waals surface area contributed by atoms with Crippen molar-refractivity contribution in [2.45, 2.75) is 38.8 Å². The van der Waals surface area contributed by atoms with E-state index in [2.05, 4.69) is 15.0 Å². The van der Waals surface area contributed by atoms with Crippen LogP contribution in [0, 0.1) is 13.8 Å². The molecular weight excluding hydrogens is 606 g/mol. The zero-order valence-electron chi connectivity index (χ0n) is 25.5. The van der Waals surface area contributed by atoms with Crippen molar-refractivity contribution in [1.82, 2.24) is 19.7 Å². The highest BCUT2D eigenvalue weighted by molar-refractivity contribution is 7.90. The van der Waals surface area contributed by atoms with Crippen LogP contribution in [0.2, 0.25) is 0 Å². The summed E-state index contributed by atoms with van der Waals surface area (Å²) in [6.45, 7) is 7.31. The Morgan fingerprint density at radius 3 is 2.20 bits per heavy atom. The average Bonchev–Trinajstić information content (AvgIpc) is 3.02. The summed E-state index contributed by atoms with van der Waals surface area (Å²) in [6.07, 6.45) is 1.51. The number of pyridine rings is 3. The van der Waals surface area contributed by atoms with E-state index in [1.54, 1.807) is 74.6 Å². The maximum atomic E-state index is 13.5. The molecule has 0 unspecified atom stereocenters. The summed E-state index contributed by atoms with van der Waals surface area (Å²) in [6, 6.07) is 22.7. The maximum Gasteiger partial charge on any atom is 0.281 e. The second kappa shape index (κ2) is 13.2. The number of nitrogens with two attached hydrogens (primary N) is 1. The number of hydrogen-bond donors (Lipinski definition) is 2. The molecular formula is C34H31N5O6S. The topological polar surface area (TPSA) is 163 Å². The molecule has 12 heteroatoms. The van der Waals surface area contributed by atoms with Crippen LogP contribution < -0.4 is 19.9 Å². The van der Waals surface area contributed by atoms with Gasteiger partial charge in [-0.3, -0.25) is 9.59 Å². The Morgan fingerprint density at radius 2 is 1.57 bits per heavy atom. The molecule has 0 aliphatic carbocycles. The summed E-state index contributed by atoms with van der Waals surface area (Å²) in [7, 11) is -4.39. The van der Waals surface area contributed by atoms with Crippen molar-refractivity contribution >= 4 is 27.5 Å². The maximum absolute atomic E-state index is 13.5. The molecule has 0 atom stereocenters. The molecule has 1 amide bonds. The largest absolute Gasteiger partial charge is 0.475 e. The smallest absolute Gasteiger partial charge is 0.281 e. The molecule has 5 aromatic rings. The van der Waals surface area contributed by atoms with Crippen molar-refractivity contribution in [3.05, 3.63) is 119 Å². The molecule has 11 nitrogen and oxygen atoms in total. The number of aromatic nitrogens is 3. The van der Waals surface area contributed by atoms with E-state index in [4.69, 9.17) is 15.2 Å². The van der Waals surface area contributed by atoms with Gasteiger partial charge in [0.2, 0.25) is 11.8 Å². The predicted octanol–water partition coefficient (Wildman–Crippen LogP) is 5.67. The summed E-state index contributed by atoms with van der Waals surface area (Å²) < 4.78 is 39.9. The van der Waals surface area contributed by atoms with Gasteiger partial charge in [-0.15, -0.1) is 0 Å². The Bertz CT molecular complexity index is 2010. The quantitative estimate of drug-likeness (QED) is 0.182. The molecule has 46 heavy (non-hydrogen) atoms. The number of benzene rings is 2. The average molecular weight is 638 g/mol. The van der Waals surface area contributed by atoms with Gasteiger partial charge >= 0.3 is 0 Å². The lowest BCUT2D eigenvalue weighted by atomic mass is 9.98. The molecule has 0 spiro atoms. The Kier molecular flexibility index (Phi) is 9.10. The number of rotatable bonds is 10. The first kappa shape index (κ1) is 31.8. The Morgan fingerprint density at radius 1 is 0.848 bits per heavy atom. The van der Waals surface area contributed by atoms with Crippen LogP contribution in [0.25, 0.3) is 11.3 Å². The van der Waals surface area contributed by atoms with Gasteiger partial charge in [0.25, 0.3) is 15.9 Å². The van der Waals surface area contributed by atoms with Crippen LogP contribution in [0.3, 0.4) is 0 Å². The van der Waals surface area contributed by atoms with Gasteiger partial charge in [0.15, 0.2) is 10.8 Å². The summed E-state index contributed by atoms with van der Waals surface area (Å²) in [4.78, 5) is 39.3. The highest BCUT2D eigenvalue weighted by Gasteiger charge is 2.25. The van der Waals surface area contributed by atoms with Gasteiger partial charge in [0, 0.05) is 29.0 Å². The van der Waals surface area contributed by atoms with E-state index in [-0.39, 0.29) is 29.1 Å². The monoisotopic (exact) mass is 637 g/mol. The molecule has 0 bridgehead atoms. The van der Waals surface area contributed by atoms with Crippen LogP contribution in [0.5, 0.6) is 17.5 Å². The third-order valence-corrected chi connectivity index (χ3v) is 7.93. The van der Waals surface area contributed by atoms with E-state index in [0.717, 1.165) is 0 Å². The number of sulfonamides is 1. The lowest BCUT2D eigenvalue weighted by molar-refractivity contribution is 0.0977. The minimum atomic E-state index is -4.39. The Balaban J connectivity index is 1.53. The zero-order chi connectivity index (χ0) is 33.0. The molecule has 3 heterocycles. The van der Waals surface area contributed by atoms with Crippen molar-refractivity contribution < 1.29 is 27.5 Å². The molecule has 5 rings (SSSR count). The first-order valence-corrected chi connectivity index (χ1v) is 15.7. The van der Waals surface area contributed by atoms with Crippen molar-refractivity contribution in [2.75, 3.05) is 5.73 Å². The third-order valence-electron chi connectivity index (χ3n) is 6.70. The fourth-order valence-corrected chi connectivity index (χ4v) is 5.54. The number of ether oxygens (including phenoxy) is 2. The summed E-state index contributed by atoms with van der Waals surface area (Å²) in [5, 5.41) is -0.423. The van der Waals surface area contributed by atoms with Gasteiger partial charge in [-0.1, -0.05) is 36.4 Å². The third kappa shape index (κ3) is 7.19. The number of nitrogen functional groups attached to an aromatic ring is 1. The first-order chi connectivity index (χ1) is 21.9. The molecule has 0 saturated carbocycles. The molecule has 3 aromatic heterocycles. The number of aryl methyl sites for hydroxylation is 2. The Hall–Kier alpha value is -5.62. The molecule has 234 valence electrons. The van der Waals surface area contributed by atoms with Crippen LogP contribution >= 0.6 is 0 Å². The van der Waals surface area contributed by atoms with Crippen molar-refractivity contribution in [3.63, 3.8) is 0 Å². The van der Waals surface area contributed by atoms with E-state index >= 15 is 0 Å². The molecule has 0 aliphatic heterocycles.